The van der Waals surface area contributed by atoms with Crippen molar-refractivity contribution in [2.45, 2.75) is 11.8 Å². The van der Waals surface area contributed by atoms with Gasteiger partial charge in [0.05, 0.1) is 10.6 Å². The highest BCUT2D eigenvalue weighted by molar-refractivity contribution is 7.92. The van der Waals surface area contributed by atoms with Crippen LogP contribution in [0.25, 0.3) is 11.3 Å². The lowest BCUT2D eigenvalue weighted by atomic mass is 10.2. The highest BCUT2D eigenvalue weighted by atomic mass is 32.2. The summed E-state index contributed by atoms with van der Waals surface area (Å²) in [5.41, 5.74) is 1.31. The first-order chi connectivity index (χ1) is 13.3. The predicted octanol–water partition coefficient (Wildman–Crippen LogP) is 2.73. The minimum atomic E-state index is -4.11. The lowest BCUT2D eigenvalue weighted by molar-refractivity contribution is -0.119. The molecule has 28 heavy (non-hydrogen) atoms. The van der Waals surface area contributed by atoms with E-state index in [0.717, 1.165) is 10.4 Å². The van der Waals surface area contributed by atoms with Crippen molar-refractivity contribution in [2.75, 3.05) is 17.9 Å². The number of anilines is 1. The largest absolute Gasteiger partial charge is 0.449 e. The molecule has 1 N–H and O–H groups in total. The Bertz CT molecular complexity index is 1090. The van der Waals surface area contributed by atoms with Crippen LogP contribution in [0.5, 0.6) is 0 Å². The second kappa shape index (κ2) is 7.81. The second-order valence-corrected chi connectivity index (χ2v) is 7.80. The highest BCUT2D eigenvalue weighted by Crippen LogP contribution is 2.26. The number of hydrogen-bond donors (Lipinski definition) is 1. The third kappa shape index (κ3) is 4.04. The number of benzene rings is 2. The van der Waals surface area contributed by atoms with Gasteiger partial charge in [0.2, 0.25) is 5.91 Å². The molecule has 3 rings (SSSR count). The molecule has 0 aliphatic heterocycles. The van der Waals surface area contributed by atoms with E-state index in [1.54, 1.807) is 19.1 Å². The molecule has 0 spiro atoms. The maximum atomic E-state index is 13.6. The molecule has 7 nitrogen and oxygen atoms in total. The van der Waals surface area contributed by atoms with Gasteiger partial charge in [0.25, 0.3) is 10.0 Å². The standard InChI is InChI=1S/C19H18FN3O4S/c1-13-22-18(12-27-13)14-6-8-17(9-7-14)28(25,26)23(11-19(24)21-2)16-5-3-4-15(20)10-16/h3-10,12H,11H2,1-2H3,(H,21,24). The molecule has 0 aliphatic carbocycles. The number of hydrogen-bond acceptors (Lipinski definition) is 5. The maximum Gasteiger partial charge on any atom is 0.264 e. The molecule has 0 atom stereocenters. The lowest BCUT2D eigenvalue weighted by Crippen LogP contribution is -2.39. The number of carbonyl (C=O) groups excluding carboxylic acids is 1. The van der Waals surface area contributed by atoms with Crippen molar-refractivity contribution >= 4 is 21.6 Å². The third-order valence-corrected chi connectivity index (χ3v) is 5.81. The van der Waals surface area contributed by atoms with Crippen LogP contribution in [-0.4, -0.2) is 32.9 Å². The molecule has 0 saturated carbocycles. The van der Waals surface area contributed by atoms with Gasteiger partial charge in [0.1, 0.15) is 24.3 Å². The Morgan fingerprint density at radius 2 is 1.93 bits per heavy atom. The zero-order chi connectivity index (χ0) is 20.3. The van der Waals surface area contributed by atoms with Crippen LogP contribution in [0.1, 0.15) is 5.89 Å². The Morgan fingerprint density at radius 1 is 1.21 bits per heavy atom. The molecule has 0 radical (unpaired) electrons. The van der Waals surface area contributed by atoms with Gasteiger partial charge in [-0.2, -0.15) is 0 Å². The fraction of sp³-hybridized carbons (Fsp3) is 0.158. The Balaban J connectivity index is 1.99. The van der Waals surface area contributed by atoms with Crippen molar-refractivity contribution < 1.29 is 22.0 Å². The van der Waals surface area contributed by atoms with E-state index in [1.807, 2.05) is 0 Å². The molecule has 0 bridgehead atoms. The number of halogens is 1. The second-order valence-electron chi connectivity index (χ2n) is 5.94. The van der Waals surface area contributed by atoms with Gasteiger partial charge in [-0.25, -0.2) is 17.8 Å². The summed E-state index contributed by atoms with van der Waals surface area (Å²) in [7, 11) is -2.71. The number of carbonyl (C=O) groups is 1. The van der Waals surface area contributed by atoms with Gasteiger partial charge in [-0.05, 0) is 30.3 Å². The number of likely N-dealkylation sites (N-methyl/N-ethyl adjacent to an activating group) is 1. The third-order valence-electron chi connectivity index (χ3n) is 4.02. The van der Waals surface area contributed by atoms with Crippen molar-refractivity contribution in [1.29, 1.82) is 0 Å². The van der Waals surface area contributed by atoms with E-state index >= 15 is 0 Å². The molecule has 0 saturated heterocycles. The van der Waals surface area contributed by atoms with Gasteiger partial charge >= 0.3 is 0 Å². The summed E-state index contributed by atoms with van der Waals surface area (Å²) >= 11 is 0. The lowest BCUT2D eigenvalue weighted by Gasteiger charge is -2.24. The first kappa shape index (κ1) is 19.6. The summed E-state index contributed by atoms with van der Waals surface area (Å²) in [6, 6.07) is 11.1. The van der Waals surface area contributed by atoms with E-state index in [2.05, 4.69) is 10.3 Å². The summed E-state index contributed by atoms with van der Waals surface area (Å²) in [5, 5.41) is 2.38. The Labute approximate surface area is 161 Å². The first-order valence-electron chi connectivity index (χ1n) is 8.32. The van der Waals surface area contributed by atoms with Crippen LogP contribution in [-0.2, 0) is 14.8 Å². The fourth-order valence-corrected chi connectivity index (χ4v) is 3.99. The molecule has 0 unspecified atom stereocenters. The van der Waals surface area contributed by atoms with Crippen LogP contribution in [0, 0.1) is 12.7 Å². The fourth-order valence-electron chi connectivity index (χ4n) is 2.58. The minimum Gasteiger partial charge on any atom is -0.449 e. The summed E-state index contributed by atoms with van der Waals surface area (Å²) in [5.74, 6) is -0.636. The molecular formula is C19H18FN3O4S. The quantitative estimate of drug-likeness (QED) is 0.683. The van der Waals surface area contributed by atoms with Gasteiger partial charge in [-0.15, -0.1) is 0 Å². The van der Waals surface area contributed by atoms with Crippen LogP contribution in [0.2, 0.25) is 0 Å². The van der Waals surface area contributed by atoms with E-state index in [4.69, 9.17) is 4.42 Å². The molecule has 1 aromatic heterocycles. The van der Waals surface area contributed by atoms with E-state index < -0.39 is 28.3 Å². The van der Waals surface area contributed by atoms with Crippen LogP contribution < -0.4 is 9.62 Å². The average Bonchev–Trinajstić information content (AvgIpc) is 3.12. The monoisotopic (exact) mass is 403 g/mol. The van der Waals surface area contributed by atoms with Crippen molar-refractivity contribution in [2.24, 2.45) is 0 Å². The molecule has 2 aromatic carbocycles. The zero-order valence-electron chi connectivity index (χ0n) is 15.2. The number of oxazole rings is 1. The molecule has 1 heterocycles. The number of amides is 1. The van der Waals surface area contributed by atoms with Crippen LogP contribution in [0.4, 0.5) is 10.1 Å². The maximum absolute atomic E-state index is 13.6. The zero-order valence-corrected chi connectivity index (χ0v) is 16.0. The summed E-state index contributed by atoms with van der Waals surface area (Å²) in [4.78, 5) is 16.0. The van der Waals surface area contributed by atoms with Gasteiger partial charge in [-0.1, -0.05) is 18.2 Å². The number of sulfonamides is 1. The van der Waals surface area contributed by atoms with Crippen LogP contribution >= 0.6 is 0 Å². The van der Waals surface area contributed by atoms with Gasteiger partial charge < -0.3 is 9.73 Å². The molecule has 9 heteroatoms. The predicted molar refractivity (Wildman–Crippen MR) is 102 cm³/mol. The van der Waals surface area contributed by atoms with Crippen LogP contribution in [0.15, 0.2) is 64.1 Å². The van der Waals surface area contributed by atoms with Gasteiger partial charge in [0, 0.05) is 19.5 Å². The Kier molecular flexibility index (Phi) is 5.46. The Hall–Kier alpha value is -3.20. The van der Waals surface area contributed by atoms with Gasteiger partial charge in [-0.3, -0.25) is 9.10 Å². The van der Waals surface area contributed by atoms with Crippen molar-refractivity contribution in [3.63, 3.8) is 0 Å². The van der Waals surface area contributed by atoms with E-state index in [0.29, 0.717) is 17.1 Å². The summed E-state index contributed by atoms with van der Waals surface area (Å²) in [6.45, 7) is 1.23. The smallest absolute Gasteiger partial charge is 0.264 e. The number of rotatable bonds is 6. The topological polar surface area (TPSA) is 92.5 Å². The summed E-state index contributed by atoms with van der Waals surface area (Å²) in [6.07, 6.45) is 1.48. The normalized spacial score (nSPS) is 11.2. The average molecular weight is 403 g/mol. The van der Waals surface area contributed by atoms with Crippen LogP contribution in [0.3, 0.4) is 0 Å². The Morgan fingerprint density at radius 3 is 2.50 bits per heavy atom. The number of nitrogens with zero attached hydrogens (tertiary/aromatic N) is 2. The molecule has 146 valence electrons. The van der Waals surface area contributed by atoms with E-state index in [-0.39, 0.29) is 10.6 Å². The SMILES string of the molecule is CNC(=O)CN(c1cccc(F)c1)S(=O)(=O)c1ccc(-c2coc(C)n2)cc1. The molecule has 0 aliphatic rings. The molecular weight excluding hydrogens is 385 g/mol. The molecule has 3 aromatic rings. The first-order valence-corrected chi connectivity index (χ1v) is 9.77. The number of aromatic nitrogens is 1. The van der Waals surface area contributed by atoms with Crippen molar-refractivity contribution in [3.05, 3.63) is 66.5 Å². The highest BCUT2D eigenvalue weighted by Gasteiger charge is 2.27. The van der Waals surface area contributed by atoms with E-state index in [9.17, 15) is 17.6 Å². The molecule has 0 fully saturated rings. The van der Waals surface area contributed by atoms with Crippen molar-refractivity contribution in [1.82, 2.24) is 10.3 Å². The number of nitrogens with one attached hydrogen (secondary N) is 1. The van der Waals surface area contributed by atoms with Crippen molar-refractivity contribution in [3.8, 4) is 11.3 Å². The molecule has 1 amide bonds. The number of aryl methyl sites for hydroxylation is 1. The van der Waals surface area contributed by atoms with Gasteiger partial charge in [0.15, 0.2) is 5.89 Å². The summed E-state index contributed by atoms with van der Waals surface area (Å²) < 4.78 is 45.9. The van der Waals surface area contributed by atoms with E-state index in [1.165, 1.54) is 43.6 Å². The minimum absolute atomic E-state index is 0.0374.